The van der Waals surface area contributed by atoms with Crippen molar-refractivity contribution >= 4 is 15.9 Å². The molecule has 3 N–H and O–H groups in total. The number of rotatable bonds is 5. The SMILES string of the molecule is CCC1CCCC(C(Cc2ccc(Br)cc2)NN)C1. The van der Waals surface area contributed by atoms with Crippen LogP contribution in [0.15, 0.2) is 28.7 Å². The average Bonchev–Trinajstić information content (AvgIpc) is 2.46. The Kier molecular flexibility index (Phi) is 5.86. The highest BCUT2D eigenvalue weighted by Gasteiger charge is 2.27. The molecule has 0 aromatic heterocycles. The summed E-state index contributed by atoms with van der Waals surface area (Å²) in [7, 11) is 0. The second kappa shape index (κ2) is 7.41. The quantitative estimate of drug-likeness (QED) is 0.633. The number of hydrazine groups is 1. The van der Waals surface area contributed by atoms with Crippen LogP contribution in [0.5, 0.6) is 0 Å². The molecule has 0 spiro atoms. The molecular weight excluding hydrogens is 300 g/mol. The molecule has 2 rings (SSSR count). The molecule has 19 heavy (non-hydrogen) atoms. The summed E-state index contributed by atoms with van der Waals surface area (Å²) in [5, 5.41) is 0. The number of nitrogens with two attached hydrogens (primary N) is 1. The second-order valence-corrected chi connectivity index (χ2v) is 6.72. The van der Waals surface area contributed by atoms with Gasteiger partial charge in [-0.25, -0.2) is 0 Å². The summed E-state index contributed by atoms with van der Waals surface area (Å²) in [6, 6.07) is 9.01. The molecule has 1 aromatic rings. The fraction of sp³-hybridized carbons (Fsp3) is 0.625. The summed E-state index contributed by atoms with van der Waals surface area (Å²) in [5.41, 5.74) is 4.43. The lowest BCUT2D eigenvalue weighted by molar-refractivity contribution is 0.208. The van der Waals surface area contributed by atoms with E-state index in [-0.39, 0.29) is 0 Å². The molecule has 1 fully saturated rings. The predicted octanol–water partition coefficient (Wildman–Crippen LogP) is 4.04. The Morgan fingerprint density at radius 3 is 2.68 bits per heavy atom. The Labute approximate surface area is 125 Å². The molecule has 0 saturated heterocycles. The summed E-state index contributed by atoms with van der Waals surface area (Å²) in [4.78, 5) is 0. The number of halogens is 1. The first kappa shape index (κ1) is 15.0. The standard InChI is InChI=1S/C16H25BrN2/c1-2-12-4-3-5-14(10-12)16(19-18)11-13-6-8-15(17)9-7-13/h6-9,12,14,16,19H,2-5,10-11,18H2,1H3. The lowest BCUT2D eigenvalue weighted by Crippen LogP contribution is -2.44. The topological polar surface area (TPSA) is 38.0 Å². The molecule has 3 heteroatoms. The van der Waals surface area contributed by atoms with Crippen LogP contribution >= 0.6 is 15.9 Å². The molecule has 0 amide bonds. The highest BCUT2D eigenvalue weighted by Crippen LogP contribution is 2.33. The smallest absolute Gasteiger partial charge is 0.0279 e. The number of nitrogens with one attached hydrogen (secondary N) is 1. The van der Waals surface area contributed by atoms with Crippen molar-refractivity contribution in [2.24, 2.45) is 17.7 Å². The normalized spacial score (nSPS) is 25.2. The van der Waals surface area contributed by atoms with E-state index in [2.05, 4.69) is 52.5 Å². The molecule has 1 saturated carbocycles. The zero-order valence-corrected chi connectivity index (χ0v) is 13.3. The Bertz CT molecular complexity index is 377. The summed E-state index contributed by atoms with van der Waals surface area (Å²) >= 11 is 3.48. The lowest BCUT2D eigenvalue weighted by atomic mass is 9.75. The highest BCUT2D eigenvalue weighted by molar-refractivity contribution is 9.10. The minimum absolute atomic E-state index is 0.413. The van der Waals surface area contributed by atoms with E-state index < -0.39 is 0 Å². The van der Waals surface area contributed by atoms with Crippen molar-refractivity contribution in [1.29, 1.82) is 0 Å². The first-order valence-corrected chi connectivity index (χ1v) is 8.22. The van der Waals surface area contributed by atoms with Gasteiger partial charge in [-0.2, -0.15) is 0 Å². The van der Waals surface area contributed by atoms with Crippen LogP contribution in [-0.4, -0.2) is 6.04 Å². The van der Waals surface area contributed by atoms with Gasteiger partial charge in [-0.05, 0) is 48.8 Å². The number of benzene rings is 1. The van der Waals surface area contributed by atoms with Crippen molar-refractivity contribution in [3.63, 3.8) is 0 Å². The first-order valence-electron chi connectivity index (χ1n) is 7.43. The van der Waals surface area contributed by atoms with E-state index in [1.54, 1.807) is 0 Å². The van der Waals surface area contributed by atoms with Crippen LogP contribution in [0, 0.1) is 11.8 Å². The molecule has 1 aliphatic rings. The molecule has 0 heterocycles. The van der Waals surface area contributed by atoms with Gasteiger partial charge in [-0.3, -0.25) is 11.3 Å². The molecular formula is C16H25BrN2. The van der Waals surface area contributed by atoms with Crippen LogP contribution in [0.2, 0.25) is 0 Å². The largest absolute Gasteiger partial charge is 0.271 e. The van der Waals surface area contributed by atoms with Gasteiger partial charge in [0.25, 0.3) is 0 Å². The monoisotopic (exact) mass is 324 g/mol. The van der Waals surface area contributed by atoms with E-state index in [9.17, 15) is 0 Å². The molecule has 0 aliphatic heterocycles. The summed E-state index contributed by atoms with van der Waals surface area (Å²) in [6.07, 6.45) is 7.77. The third kappa shape index (κ3) is 4.30. The maximum Gasteiger partial charge on any atom is 0.0279 e. The van der Waals surface area contributed by atoms with E-state index in [4.69, 9.17) is 5.84 Å². The lowest BCUT2D eigenvalue weighted by Gasteiger charge is -2.34. The highest BCUT2D eigenvalue weighted by atomic mass is 79.9. The van der Waals surface area contributed by atoms with Crippen molar-refractivity contribution < 1.29 is 0 Å². The summed E-state index contributed by atoms with van der Waals surface area (Å²) < 4.78 is 1.14. The van der Waals surface area contributed by atoms with Crippen molar-refractivity contribution in [1.82, 2.24) is 5.43 Å². The predicted molar refractivity (Wildman–Crippen MR) is 84.7 cm³/mol. The van der Waals surface area contributed by atoms with Crippen molar-refractivity contribution in [3.8, 4) is 0 Å². The van der Waals surface area contributed by atoms with Crippen LogP contribution in [0.25, 0.3) is 0 Å². The number of hydrogen-bond acceptors (Lipinski definition) is 2. The van der Waals surface area contributed by atoms with E-state index in [1.807, 2.05) is 0 Å². The van der Waals surface area contributed by atoms with E-state index in [1.165, 1.54) is 37.7 Å². The summed E-state index contributed by atoms with van der Waals surface area (Å²) in [5.74, 6) is 7.44. The maximum absolute atomic E-state index is 5.81. The molecule has 3 unspecified atom stereocenters. The molecule has 0 bridgehead atoms. The van der Waals surface area contributed by atoms with E-state index in [0.29, 0.717) is 6.04 Å². The fourth-order valence-electron chi connectivity index (χ4n) is 3.30. The first-order chi connectivity index (χ1) is 9.22. The van der Waals surface area contributed by atoms with Crippen LogP contribution in [0.4, 0.5) is 0 Å². The minimum atomic E-state index is 0.413. The third-order valence-electron chi connectivity index (χ3n) is 4.55. The van der Waals surface area contributed by atoms with Gasteiger partial charge in [0.2, 0.25) is 0 Å². The van der Waals surface area contributed by atoms with Crippen molar-refractivity contribution in [2.45, 2.75) is 51.5 Å². The van der Waals surface area contributed by atoms with Gasteiger partial charge in [-0.1, -0.05) is 54.2 Å². The van der Waals surface area contributed by atoms with E-state index >= 15 is 0 Å². The summed E-state index contributed by atoms with van der Waals surface area (Å²) in [6.45, 7) is 2.31. The minimum Gasteiger partial charge on any atom is -0.271 e. The van der Waals surface area contributed by atoms with Gasteiger partial charge in [0, 0.05) is 10.5 Å². The third-order valence-corrected chi connectivity index (χ3v) is 5.08. The average molecular weight is 325 g/mol. The Hall–Kier alpha value is -0.380. The van der Waals surface area contributed by atoms with Gasteiger partial charge in [0.1, 0.15) is 0 Å². The van der Waals surface area contributed by atoms with Crippen molar-refractivity contribution in [2.75, 3.05) is 0 Å². The van der Waals surface area contributed by atoms with Crippen molar-refractivity contribution in [3.05, 3.63) is 34.3 Å². The Morgan fingerprint density at radius 2 is 2.05 bits per heavy atom. The van der Waals surface area contributed by atoms with E-state index in [0.717, 1.165) is 22.7 Å². The molecule has 1 aliphatic carbocycles. The second-order valence-electron chi connectivity index (χ2n) is 5.80. The molecule has 2 nitrogen and oxygen atoms in total. The van der Waals surface area contributed by atoms with Gasteiger partial charge >= 0.3 is 0 Å². The van der Waals surface area contributed by atoms with Crippen LogP contribution in [0.3, 0.4) is 0 Å². The molecule has 1 aromatic carbocycles. The zero-order chi connectivity index (χ0) is 13.7. The van der Waals surface area contributed by atoms with Crippen LogP contribution in [-0.2, 0) is 6.42 Å². The van der Waals surface area contributed by atoms with Gasteiger partial charge < -0.3 is 0 Å². The molecule has 0 radical (unpaired) electrons. The Balaban J connectivity index is 1.97. The zero-order valence-electron chi connectivity index (χ0n) is 11.7. The van der Waals surface area contributed by atoms with Gasteiger partial charge in [0.15, 0.2) is 0 Å². The molecule has 3 atom stereocenters. The van der Waals surface area contributed by atoms with Gasteiger partial charge in [0.05, 0.1) is 0 Å². The number of hydrogen-bond donors (Lipinski definition) is 2. The fourth-order valence-corrected chi connectivity index (χ4v) is 3.57. The Morgan fingerprint density at radius 1 is 1.32 bits per heavy atom. The van der Waals surface area contributed by atoms with Crippen LogP contribution in [0.1, 0.15) is 44.6 Å². The van der Waals surface area contributed by atoms with Crippen LogP contribution < -0.4 is 11.3 Å². The maximum atomic E-state index is 5.81. The molecule has 106 valence electrons. The van der Waals surface area contributed by atoms with Gasteiger partial charge in [-0.15, -0.1) is 0 Å².